The molecule has 0 aliphatic carbocycles. The van der Waals surface area contributed by atoms with Gasteiger partial charge >= 0.3 is 0 Å². The molecular formula is C19H23FN2O2S. The average molecular weight is 362 g/mol. The Hall–Kier alpha value is -2.05. The molecule has 2 aromatic carbocycles. The van der Waals surface area contributed by atoms with Crippen molar-refractivity contribution in [3.05, 3.63) is 53.8 Å². The summed E-state index contributed by atoms with van der Waals surface area (Å²) in [5, 5.41) is 2.95. The van der Waals surface area contributed by atoms with Crippen molar-refractivity contribution >= 4 is 23.4 Å². The van der Waals surface area contributed by atoms with Crippen molar-refractivity contribution in [1.29, 1.82) is 0 Å². The van der Waals surface area contributed by atoms with E-state index in [1.807, 2.05) is 48.4 Å². The lowest BCUT2D eigenvalue weighted by Gasteiger charge is -2.20. The van der Waals surface area contributed by atoms with Crippen molar-refractivity contribution in [2.75, 3.05) is 31.8 Å². The van der Waals surface area contributed by atoms with Gasteiger partial charge in [-0.25, -0.2) is 4.39 Å². The zero-order valence-corrected chi connectivity index (χ0v) is 15.5. The average Bonchev–Trinajstić information content (AvgIpc) is 2.61. The summed E-state index contributed by atoms with van der Waals surface area (Å²) in [7, 11) is 1.44. The summed E-state index contributed by atoms with van der Waals surface area (Å²) in [6.07, 6.45) is 1.97. The highest BCUT2D eigenvalue weighted by molar-refractivity contribution is 7.98. The van der Waals surface area contributed by atoms with Crippen molar-refractivity contribution < 1.29 is 13.9 Å². The third kappa shape index (κ3) is 5.47. The van der Waals surface area contributed by atoms with Gasteiger partial charge < -0.3 is 10.1 Å². The number of anilines is 1. The second-order valence-electron chi connectivity index (χ2n) is 5.52. The number of carbonyl (C=O) groups excluding carboxylic acids is 1. The number of nitrogens with zero attached hydrogens (tertiary/aromatic N) is 1. The number of thioether (sulfide) groups is 1. The third-order valence-electron chi connectivity index (χ3n) is 3.82. The summed E-state index contributed by atoms with van der Waals surface area (Å²) in [5.41, 5.74) is 1.61. The molecule has 0 aliphatic rings. The first-order valence-electron chi connectivity index (χ1n) is 8.05. The Labute approximate surface area is 152 Å². The van der Waals surface area contributed by atoms with Crippen molar-refractivity contribution in [3.8, 4) is 5.75 Å². The Balaban J connectivity index is 1.99. The van der Waals surface area contributed by atoms with E-state index in [4.69, 9.17) is 4.74 Å². The fourth-order valence-electron chi connectivity index (χ4n) is 2.49. The van der Waals surface area contributed by atoms with Crippen LogP contribution in [0, 0.1) is 5.82 Å². The predicted molar refractivity (Wildman–Crippen MR) is 101 cm³/mol. The van der Waals surface area contributed by atoms with Crippen molar-refractivity contribution in [2.45, 2.75) is 18.4 Å². The number of carbonyl (C=O) groups is 1. The van der Waals surface area contributed by atoms with E-state index in [1.165, 1.54) is 13.2 Å². The molecule has 6 heteroatoms. The number of hydrogen-bond donors (Lipinski definition) is 1. The second-order valence-corrected chi connectivity index (χ2v) is 6.37. The standard InChI is InChI=1S/C19H23FN2O2S/c1-4-22(12-14-9-10-17(24-2)15(20)11-14)13-19(23)21-16-7-5-6-8-18(16)25-3/h5-11H,4,12-13H2,1-3H3,(H,21,23). The largest absolute Gasteiger partial charge is 0.494 e. The molecular weight excluding hydrogens is 339 g/mol. The van der Waals surface area contributed by atoms with Crippen molar-refractivity contribution in [1.82, 2.24) is 4.90 Å². The fourth-order valence-corrected chi connectivity index (χ4v) is 3.04. The summed E-state index contributed by atoms with van der Waals surface area (Å²) >= 11 is 1.59. The van der Waals surface area contributed by atoms with Crippen LogP contribution >= 0.6 is 11.8 Å². The number of amides is 1. The van der Waals surface area contributed by atoms with Crippen LogP contribution in [0.1, 0.15) is 12.5 Å². The van der Waals surface area contributed by atoms with Crippen molar-refractivity contribution in [2.24, 2.45) is 0 Å². The third-order valence-corrected chi connectivity index (χ3v) is 4.61. The Morgan fingerprint density at radius 3 is 2.68 bits per heavy atom. The molecule has 0 heterocycles. The van der Waals surface area contributed by atoms with Gasteiger partial charge in [-0.15, -0.1) is 11.8 Å². The molecule has 1 N–H and O–H groups in total. The molecule has 0 fully saturated rings. The molecule has 0 bridgehead atoms. The van der Waals surface area contributed by atoms with E-state index in [1.54, 1.807) is 17.8 Å². The number of methoxy groups -OCH3 is 1. The van der Waals surface area contributed by atoms with Gasteiger partial charge in [-0.05, 0) is 42.6 Å². The lowest BCUT2D eigenvalue weighted by atomic mass is 10.2. The van der Waals surface area contributed by atoms with Gasteiger partial charge in [0.1, 0.15) is 0 Å². The van der Waals surface area contributed by atoms with E-state index in [-0.39, 0.29) is 18.2 Å². The molecule has 0 saturated carbocycles. The summed E-state index contributed by atoms with van der Waals surface area (Å²) in [6, 6.07) is 12.6. The molecule has 0 unspecified atom stereocenters. The molecule has 2 aromatic rings. The van der Waals surface area contributed by atoms with Gasteiger partial charge in [0, 0.05) is 11.4 Å². The Morgan fingerprint density at radius 2 is 2.04 bits per heavy atom. The summed E-state index contributed by atoms with van der Waals surface area (Å²) in [4.78, 5) is 15.3. The quantitative estimate of drug-likeness (QED) is 0.720. The minimum atomic E-state index is -0.394. The molecule has 0 aliphatic heterocycles. The van der Waals surface area contributed by atoms with Gasteiger partial charge in [0.2, 0.25) is 5.91 Å². The smallest absolute Gasteiger partial charge is 0.238 e. The lowest BCUT2D eigenvalue weighted by molar-refractivity contribution is -0.117. The van der Waals surface area contributed by atoms with Crippen LogP contribution in [-0.4, -0.2) is 37.3 Å². The first kappa shape index (κ1) is 19.3. The van der Waals surface area contributed by atoms with Crippen LogP contribution in [0.25, 0.3) is 0 Å². The molecule has 1 amide bonds. The van der Waals surface area contributed by atoms with E-state index in [0.717, 1.165) is 16.1 Å². The first-order valence-corrected chi connectivity index (χ1v) is 9.27. The topological polar surface area (TPSA) is 41.6 Å². The van der Waals surface area contributed by atoms with Crippen LogP contribution in [0.15, 0.2) is 47.4 Å². The highest BCUT2D eigenvalue weighted by atomic mass is 32.2. The Kier molecular flexibility index (Phi) is 7.28. The second kappa shape index (κ2) is 9.44. The number of para-hydroxylation sites is 1. The van der Waals surface area contributed by atoms with Crippen LogP contribution in [0.2, 0.25) is 0 Å². The van der Waals surface area contributed by atoms with Crippen molar-refractivity contribution in [3.63, 3.8) is 0 Å². The normalized spacial score (nSPS) is 10.8. The molecule has 25 heavy (non-hydrogen) atoms. The molecule has 0 spiro atoms. The SMILES string of the molecule is CCN(CC(=O)Nc1ccccc1SC)Cc1ccc(OC)c(F)c1. The molecule has 0 aromatic heterocycles. The molecule has 4 nitrogen and oxygen atoms in total. The lowest BCUT2D eigenvalue weighted by Crippen LogP contribution is -2.32. The number of ether oxygens (including phenoxy) is 1. The fraction of sp³-hybridized carbons (Fsp3) is 0.316. The Bertz CT molecular complexity index is 724. The number of likely N-dealkylation sites (N-methyl/N-ethyl adjacent to an activating group) is 1. The van der Waals surface area contributed by atoms with Gasteiger partial charge in [-0.1, -0.05) is 25.1 Å². The summed E-state index contributed by atoms with van der Waals surface area (Å²) in [5.74, 6) is -0.259. The number of nitrogens with one attached hydrogen (secondary N) is 1. The predicted octanol–water partition coefficient (Wildman–Crippen LogP) is 4.02. The summed E-state index contributed by atoms with van der Waals surface area (Å²) in [6.45, 7) is 3.40. The number of hydrogen-bond acceptors (Lipinski definition) is 4. The van der Waals surface area contributed by atoms with Gasteiger partial charge in [0.15, 0.2) is 11.6 Å². The molecule has 0 atom stereocenters. The van der Waals surface area contributed by atoms with E-state index < -0.39 is 5.82 Å². The highest BCUT2D eigenvalue weighted by Crippen LogP contribution is 2.24. The monoisotopic (exact) mass is 362 g/mol. The molecule has 2 rings (SSSR count). The molecule has 0 saturated heterocycles. The zero-order valence-electron chi connectivity index (χ0n) is 14.7. The number of benzene rings is 2. The highest BCUT2D eigenvalue weighted by Gasteiger charge is 2.13. The van der Waals surface area contributed by atoms with Crippen LogP contribution < -0.4 is 10.1 Å². The van der Waals surface area contributed by atoms with Gasteiger partial charge in [0.05, 0.1) is 19.3 Å². The molecule has 0 radical (unpaired) electrons. The summed E-state index contributed by atoms with van der Waals surface area (Å²) < 4.78 is 18.7. The first-order chi connectivity index (χ1) is 12.1. The van der Waals surface area contributed by atoms with Gasteiger partial charge in [-0.3, -0.25) is 9.69 Å². The maximum atomic E-state index is 13.8. The van der Waals surface area contributed by atoms with Crippen LogP contribution in [-0.2, 0) is 11.3 Å². The van der Waals surface area contributed by atoms with E-state index in [2.05, 4.69) is 5.32 Å². The van der Waals surface area contributed by atoms with Gasteiger partial charge in [0.25, 0.3) is 0 Å². The molecule has 134 valence electrons. The maximum absolute atomic E-state index is 13.8. The zero-order chi connectivity index (χ0) is 18.2. The van der Waals surface area contributed by atoms with E-state index in [0.29, 0.717) is 13.1 Å². The minimum absolute atomic E-state index is 0.0858. The van der Waals surface area contributed by atoms with Gasteiger partial charge in [-0.2, -0.15) is 0 Å². The van der Waals surface area contributed by atoms with Crippen LogP contribution in [0.5, 0.6) is 5.75 Å². The van der Waals surface area contributed by atoms with Crippen LogP contribution in [0.4, 0.5) is 10.1 Å². The minimum Gasteiger partial charge on any atom is -0.494 e. The van der Waals surface area contributed by atoms with E-state index in [9.17, 15) is 9.18 Å². The van der Waals surface area contributed by atoms with E-state index >= 15 is 0 Å². The number of rotatable bonds is 8. The van der Waals surface area contributed by atoms with Crippen LogP contribution in [0.3, 0.4) is 0 Å². The number of halogens is 1. The Morgan fingerprint density at radius 1 is 1.28 bits per heavy atom. The maximum Gasteiger partial charge on any atom is 0.238 e.